The minimum atomic E-state index is -5.04. The smallest absolute Gasteiger partial charge is 0.416 e. The van der Waals surface area contributed by atoms with E-state index < -0.39 is 45.3 Å². The van der Waals surface area contributed by atoms with E-state index in [4.69, 9.17) is 4.74 Å². The molecule has 0 bridgehead atoms. The molecule has 1 aromatic heterocycles. The van der Waals surface area contributed by atoms with Gasteiger partial charge in [0.2, 0.25) is 5.95 Å². The van der Waals surface area contributed by atoms with E-state index in [9.17, 15) is 44.7 Å². The number of nitrogens with zero attached hydrogens (tertiary/aromatic N) is 4. The minimum absolute atomic E-state index is 0.00110. The Bertz CT molecular complexity index is 1750. The number of rotatable bonds is 15. The molecular weight excluding hydrogens is 714 g/mol. The second-order valence-corrected chi connectivity index (χ2v) is 15.8. The van der Waals surface area contributed by atoms with Gasteiger partial charge in [-0.3, -0.25) is 4.79 Å². The maximum Gasteiger partial charge on any atom is 0.416 e. The first kappa shape index (κ1) is 40.7. The Morgan fingerprint density at radius 2 is 1.54 bits per heavy atom. The number of ether oxygens (including phenoxy) is 1. The fraction of sp³-hybridized carbons (Fsp3) is 0.528. The lowest BCUT2D eigenvalue weighted by atomic mass is 9.80. The van der Waals surface area contributed by atoms with Gasteiger partial charge in [-0.15, -0.1) is 0 Å². The van der Waals surface area contributed by atoms with Crippen molar-refractivity contribution < 1.29 is 49.4 Å². The molecular formula is C36H44F6N4O5S. The van der Waals surface area contributed by atoms with Crippen LogP contribution in [0.5, 0.6) is 5.75 Å². The number of halogens is 6. The number of carbonyl (C=O) groups is 1. The number of anilines is 2. The Morgan fingerprint density at radius 3 is 2.06 bits per heavy atom. The summed E-state index contributed by atoms with van der Waals surface area (Å²) in [6.45, 7) is 6.48. The number of carboxylic acids is 1. The van der Waals surface area contributed by atoms with Crippen molar-refractivity contribution in [2.75, 3.05) is 41.5 Å². The molecule has 286 valence electrons. The van der Waals surface area contributed by atoms with Crippen LogP contribution in [0.15, 0.2) is 48.8 Å². The van der Waals surface area contributed by atoms with Gasteiger partial charge in [0, 0.05) is 38.0 Å². The van der Waals surface area contributed by atoms with E-state index in [0.29, 0.717) is 31.1 Å². The van der Waals surface area contributed by atoms with Gasteiger partial charge >= 0.3 is 18.3 Å². The summed E-state index contributed by atoms with van der Waals surface area (Å²) in [5.74, 6) is -0.494. The molecule has 1 atom stereocenters. The van der Waals surface area contributed by atoms with Crippen molar-refractivity contribution in [3.8, 4) is 5.75 Å². The summed E-state index contributed by atoms with van der Waals surface area (Å²) in [4.78, 5) is 23.6. The van der Waals surface area contributed by atoms with Crippen molar-refractivity contribution in [2.24, 2.45) is 11.8 Å². The zero-order valence-corrected chi connectivity index (χ0v) is 30.3. The molecule has 1 unspecified atom stereocenters. The van der Waals surface area contributed by atoms with Gasteiger partial charge in [-0.2, -0.15) is 26.3 Å². The monoisotopic (exact) mass is 758 g/mol. The van der Waals surface area contributed by atoms with E-state index >= 15 is 0 Å². The molecule has 1 aliphatic carbocycles. The summed E-state index contributed by atoms with van der Waals surface area (Å²) in [6, 6.07) is 6.19. The molecule has 1 aliphatic rings. The van der Waals surface area contributed by atoms with Gasteiger partial charge in [0.25, 0.3) is 0 Å². The van der Waals surface area contributed by atoms with E-state index in [1.165, 1.54) is 24.2 Å². The topological polar surface area (TPSA) is 113 Å². The summed E-state index contributed by atoms with van der Waals surface area (Å²) >= 11 is 0. The number of benzene rings is 2. The molecule has 0 spiro atoms. The number of aromatic nitrogens is 2. The van der Waals surface area contributed by atoms with Crippen LogP contribution in [0.3, 0.4) is 0 Å². The van der Waals surface area contributed by atoms with Crippen LogP contribution in [-0.2, 0) is 33.5 Å². The van der Waals surface area contributed by atoms with Crippen molar-refractivity contribution in [1.82, 2.24) is 9.97 Å². The third kappa shape index (κ3) is 11.5. The normalized spacial score (nSPS) is 17.4. The lowest BCUT2D eigenvalue weighted by Gasteiger charge is -2.36. The molecule has 0 aliphatic heterocycles. The maximum atomic E-state index is 13.9. The van der Waals surface area contributed by atoms with Crippen LogP contribution in [0.1, 0.15) is 79.8 Å². The van der Waals surface area contributed by atoms with E-state index in [2.05, 4.69) is 14.9 Å². The van der Waals surface area contributed by atoms with Crippen LogP contribution in [-0.4, -0.2) is 61.2 Å². The summed E-state index contributed by atoms with van der Waals surface area (Å²) in [7, 11) is -3.31. The van der Waals surface area contributed by atoms with Gasteiger partial charge in [0.15, 0.2) is 15.6 Å². The molecule has 1 N–H and O–H groups in total. The number of sulfone groups is 1. The molecule has 1 saturated carbocycles. The first-order valence-electron chi connectivity index (χ1n) is 17.0. The van der Waals surface area contributed by atoms with Crippen molar-refractivity contribution in [3.05, 3.63) is 76.6 Å². The van der Waals surface area contributed by atoms with Crippen LogP contribution >= 0.6 is 0 Å². The third-order valence-electron chi connectivity index (χ3n) is 9.36. The molecule has 9 nitrogen and oxygen atoms in total. The summed E-state index contributed by atoms with van der Waals surface area (Å²) in [5, 5.41) is 9.21. The Labute approximate surface area is 299 Å². The SMILES string of the molecule is CCN(CC1CCC(CC(=O)O)CC1)c1ccc(C)cc1CN(c1ncc(OCCS(C)(=O)=O)cn1)C(C)c1cc(C(F)(F)F)cc(C(F)(F)F)c1. The fourth-order valence-corrected chi connectivity index (χ4v) is 6.92. The lowest BCUT2D eigenvalue weighted by molar-refractivity contribution is -0.143. The Kier molecular flexibility index (Phi) is 13.1. The zero-order chi connectivity index (χ0) is 38.4. The van der Waals surface area contributed by atoms with Gasteiger partial charge in [-0.25, -0.2) is 18.4 Å². The predicted molar refractivity (Wildman–Crippen MR) is 185 cm³/mol. The van der Waals surface area contributed by atoms with Crippen LogP contribution in [0.4, 0.5) is 38.0 Å². The second-order valence-electron chi connectivity index (χ2n) is 13.5. The molecule has 52 heavy (non-hydrogen) atoms. The average molecular weight is 759 g/mol. The molecule has 1 heterocycles. The Balaban J connectivity index is 1.72. The number of carboxylic acid groups (broad SMARTS) is 1. The fourth-order valence-electron chi connectivity index (χ4n) is 6.53. The molecule has 4 rings (SSSR count). The number of aryl methyl sites for hydroxylation is 1. The van der Waals surface area contributed by atoms with Crippen molar-refractivity contribution >= 4 is 27.4 Å². The molecule has 0 saturated heterocycles. The summed E-state index contributed by atoms with van der Waals surface area (Å²) in [6.07, 6.45) is -3.00. The van der Waals surface area contributed by atoms with E-state index in [-0.39, 0.29) is 54.6 Å². The second kappa shape index (κ2) is 16.7. The maximum absolute atomic E-state index is 13.9. The molecule has 2 aromatic carbocycles. The molecule has 3 aromatic rings. The van der Waals surface area contributed by atoms with Crippen molar-refractivity contribution in [1.29, 1.82) is 0 Å². The van der Waals surface area contributed by atoms with Crippen LogP contribution < -0.4 is 14.5 Å². The zero-order valence-electron chi connectivity index (χ0n) is 29.5. The summed E-state index contributed by atoms with van der Waals surface area (Å²) in [5.41, 5.74) is -0.672. The van der Waals surface area contributed by atoms with Crippen molar-refractivity contribution in [3.63, 3.8) is 0 Å². The van der Waals surface area contributed by atoms with Gasteiger partial charge in [-0.1, -0.05) is 17.7 Å². The standard InChI is InChI=1S/C36H44F6N4O5S/c1-5-45(21-26-9-7-25(8-10-26)15-33(47)48)32-11-6-23(2)14-28(32)22-46(34-43-19-31(20-44-34)51-12-13-52(4,49)50)24(3)27-16-29(35(37,38)39)18-30(17-27)36(40,41)42/h6,11,14,16-20,24-26H,5,7-10,12-13,15,21-22H2,1-4H3,(H,47,48). The first-order chi connectivity index (χ1) is 24.2. The average Bonchev–Trinajstić information content (AvgIpc) is 3.05. The van der Waals surface area contributed by atoms with Gasteiger partial charge < -0.3 is 19.6 Å². The quantitative estimate of drug-likeness (QED) is 0.154. The first-order valence-corrected chi connectivity index (χ1v) is 19.0. The Hall–Kier alpha value is -4.08. The van der Waals surface area contributed by atoms with Crippen LogP contribution in [0.2, 0.25) is 0 Å². The van der Waals surface area contributed by atoms with Gasteiger partial charge in [-0.05, 0) is 93.7 Å². The lowest BCUT2D eigenvalue weighted by Crippen LogP contribution is -2.34. The van der Waals surface area contributed by atoms with Crippen molar-refractivity contribution in [2.45, 2.75) is 77.8 Å². The number of aliphatic carboxylic acids is 1. The van der Waals surface area contributed by atoms with E-state index in [0.717, 1.165) is 48.8 Å². The number of hydrogen-bond acceptors (Lipinski definition) is 8. The van der Waals surface area contributed by atoms with Crippen LogP contribution in [0.25, 0.3) is 0 Å². The van der Waals surface area contributed by atoms with Gasteiger partial charge in [0.1, 0.15) is 6.61 Å². The third-order valence-corrected chi connectivity index (χ3v) is 10.3. The Morgan fingerprint density at radius 1 is 0.962 bits per heavy atom. The van der Waals surface area contributed by atoms with Gasteiger partial charge in [0.05, 0.1) is 35.3 Å². The number of hydrogen-bond donors (Lipinski definition) is 1. The molecule has 0 radical (unpaired) electrons. The van der Waals surface area contributed by atoms with E-state index in [1.807, 2.05) is 32.0 Å². The molecule has 16 heteroatoms. The predicted octanol–water partition coefficient (Wildman–Crippen LogP) is 8.12. The largest absolute Gasteiger partial charge is 0.489 e. The molecule has 1 fully saturated rings. The van der Waals surface area contributed by atoms with Crippen LogP contribution in [0, 0.1) is 18.8 Å². The highest BCUT2D eigenvalue weighted by atomic mass is 32.2. The highest BCUT2D eigenvalue weighted by Gasteiger charge is 2.38. The molecule has 0 amide bonds. The highest BCUT2D eigenvalue weighted by Crippen LogP contribution is 2.40. The number of alkyl halides is 6. The summed E-state index contributed by atoms with van der Waals surface area (Å²) < 4.78 is 112. The van der Waals surface area contributed by atoms with E-state index in [1.54, 1.807) is 0 Å². The minimum Gasteiger partial charge on any atom is -0.489 e. The highest BCUT2D eigenvalue weighted by molar-refractivity contribution is 7.90.